The van der Waals surface area contributed by atoms with E-state index < -0.39 is 26.7 Å². The van der Waals surface area contributed by atoms with Crippen LogP contribution in [-0.2, 0) is 14.8 Å². The summed E-state index contributed by atoms with van der Waals surface area (Å²) in [5, 5.41) is 15.6. The lowest BCUT2D eigenvalue weighted by Gasteiger charge is -2.26. The second kappa shape index (κ2) is 12.6. The van der Waals surface area contributed by atoms with Crippen LogP contribution in [-0.4, -0.2) is 63.8 Å². The molecule has 2 aromatic carbocycles. The molecule has 1 saturated heterocycles. The van der Waals surface area contributed by atoms with Crippen molar-refractivity contribution in [1.82, 2.24) is 9.62 Å². The van der Waals surface area contributed by atoms with E-state index >= 15 is 0 Å². The molecule has 0 aromatic heterocycles. The number of nitrogens with zero attached hydrogens (tertiary/aromatic N) is 1. The minimum absolute atomic E-state index is 0. The Morgan fingerprint density at radius 2 is 1.70 bits per heavy atom. The van der Waals surface area contributed by atoms with Gasteiger partial charge in [-0.3, -0.25) is 4.90 Å². The summed E-state index contributed by atoms with van der Waals surface area (Å²) in [6.07, 6.45) is 0.579. The van der Waals surface area contributed by atoms with Crippen molar-refractivity contribution >= 4 is 63.0 Å². The normalized spacial score (nSPS) is 14.4. The van der Waals surface area contributed by atoms with Gasteiger partial charge in [-0.2, -0.15) is 0 Å². The first-order valence-corrected chi connectivity index (χ1v) is 12.2. The summed E-state index contributed by atoms with van der Waals surface area (Å²) in [7, 11) is -4.12. The number of benzene rings is 2. The van der Waals surface area contributed by atoms with Gasteiger partial charge in [-0.05, 0) is 37.2 Å². The molecule has 2 aromatic rings. The van der Waals surface area contributed by atoms with Gasteiger partial charge in [0.05, 0.1) is 34.6 Å². The van der Waals surface area contributed by atoms with Gasteiger partial charge < -0.3 is 20.5 Å². The largest absolute Gasteiger partial charge is 0.504 e. The molecule has 1 heterocycles. The molecule has 33 heavy (non-hydrogen) atoms. The Hall–Kier alpha value is -1.79. The maximum absolute atomic E-state index is 12.8. The second-order valence-electron chi connectivity index (χ2n) is 7.04. The van der Waals surface area contributed by atoms with Crippen molar-refractivity contribution in [3.05, 3.63) is 46.4 Å². The summed E-state index contributed by atoms with van der Waals surface area (Å²) < 4.78 is 33.3. The van der Waals surface area contributed by atoms with E-state index in [2.05, 4.69) is 20.3 Å². The molecular weight excluding hydrogens is 515 g/mol. The highest BCUT2D eigenvalue weighted by Gasteiger charge is 2.25. The van der Waals surface area contributed by atoms with Crippen LogP contribution in [0.1, 0.15) is 6.42 Å². The second-order valence-corrected chi connectivity index (χ2v) is 9.56. The van der Waals surface area contributed by atoms with Crippen molar-refractivity contribution < 1.29 is 23.1 Å². The lowest BCUT2D eigenvalue weighted by atomic mass is 10.3. The highest BCUT2D eigenvalue weighted by molar-refractivity contribution is 7.89. The Kier molecular flexibility index (Phi) is 10.5. The standard InChI is InChI=1S/C20H24Cl2N4O5S.ClH/c21-14-4-1-2-5-16(14)24-20(28)25-17-7-6-15(22)19(18(17)27)32(29,30)23-8-3-9-26-10-12-31-13-11-26;/h1-2,4-7,23,27H,3,8-13H2,(H2,24,25,28);1H. The number of urea groups is 1. The summed E-state index contributed by atoms with van der Waals surface area (Å²) in [6, 6.07) is 8.48. The smallest absolute Gasteiger partial charge is 0.323 e. The third-order valence-electron chi connectivity index (χ3n) is 4.77. The van der Waals surface area contributed by atoms with E-state index in [-0.39, 0.29) is 29.7 Å². The Bertz CT molecular complexity index is 1070. The monoisotopic (exact) mass is 538 g/mol. The lowest BCUT2D eigenvalue weighted by Crippen LogP contribution is -2.38. The Morgan fingerprint density at radius 1 is 1.03 bits per heavy atom. The van der Waals surface area contributed by atoms with E-state index in [1.165, 1.54) is 12.1 Å². The minimum Gasteiger partial charge on any atom is -0.504 e. The van der Waals surface area contributed by atoms with Crippen LogP contribution < -0.4 is 15.4 Å². The number of hydrogen-bond donors (Lipinski definition) is 4. The number of ether oxygens (including phenoxy) is 1. The highest BCUT2D eigenvalue weighted by Crippen LogP contribution is 2.37. The zero-order valence-corrected chi connectivity index (χ0v) is 20.7. The molecule has 0 saturated carbocycles. The average molecular weight is 540 g/mol. The number of hydrogen-bond acceptors (Lipinski definition) is 6. The van der Waals surface area contributed by atoms with E-state index in [1.54, 1.807) is 24.3 Å². The van der Waals surface area contributed by atoms with Gasteiger partial charge in [0.15, 0.2) is 5.75 Å². The molecule has 3 rings (SSSR count). The van der Waals surface area contributed by atoms with Crippen LogP contribution in [0.15, 0.2) is 41.3 Å². The van der Waals surface area contributed by atoms with Crippen LogP contribution in [0.25, 0.3) is 0 Å². The number of rotatable bonds is 8. The summed E-state index contributed by atoms with van der Waals surface area (Å²) in [5.41, 5.74) is 0.238. The number of carbonyl (C=O) groups excluding carboxylic acids is 1. The number of phenolic OH excluding ortho intramolecular Hbond substituents is 1. The van der Waals surface area contributed by atoms with Gasteiger partial charge in [0.2, 0.25) is 10.0 Å². The fraction of sp³-hybridized carbons (Fsp3) is 0.350. The number of sulfonamides is 1. The number of nitrogens with one attached hydrogen (secondary N) is 3. The van der Waals surface area contributed by atoms with E-state index in [4.69, 9.17) is 27.9 Å². The molecule has 0 radical (unpaired) electrons. The van der Waals surface area contributed by atoms with Gasteiger partial charge in [0.25, 0.3) is 0 Å². The minimum atomic E-state index is -4.12. The molecule has 0 unspecified atom stereocenters. The number of morpholine rings is 1. The molecule has 4 N–H and O–H groups in total. The van der Waals surface area contributed by atoms with Crippen LogP contribution in [0.3, 0.4) is 0 Å². The van der Waals surface area contributed by atoms with Crippen LogP contribution in [0.4, 0.5) is 16.2 Å². The SMILES string of the molecule is Cl.O=C(Nc1ccccc1Cl)Nc1ccc(Cl)c(S(=O)(=O)NCCCN2CCOCC2)c1O. The number of carbonyl (C=O) groups is 1. The van der Waals surface area contributed by atoms with Crippen LogP contribution in [0, 0.1) is 0 Å². The average Bonchev–Trinajstić information content (AvgIpc) is 2.76. The van der Waals surface area contributed by atoms with Crippen molar-refractivity contribution in [3.63, 3.8) is 0 Å². The van der Waals surface area contributed by atoms with E-state index in [1.807, 2.05) is 0 Å². The fourth-order valence-electron chi connectivity index (χ4n) is 3.15. The molecule has 0 atom stereocenters. The maximum Gasteiger partial charge on any atom is 0.323 e. The van der Waals surface area contributed by atoms with Crippen LogP contribution >= 0.6 is 35.6 Å². The Balaban J connectivity index is 0.00000385. The predicted octanol–water partition coefficient (Wildman–Crippen LogP) is 3.77. The molecule has 2 amide bonds. The summed E-state index contributed by atoms with van der Waals surface area (Å²) in [6.45, 7) is 3.83. The fourth-order valence-corrected chi connectivity index (χ4v) is 5.03. The van der Waals surface area contributed by atoms with Crippen molar-refractivity contribution in [2.45, 2.75) is 11.3 Å². The van der Waals surface area contributed by atoms with Crippen molar-refractivity contribution in [3.8, 4) is 5.75 Å². The Morgan fingerprint density at radius 3 is 2.39 bits per heavy atom. The molecule has 182 valence electrons. The number of anilines is 2. The van der Waals surface area contributed by atoms with Crippen LogP contribution in [0.2, 0.25) is 10.0 Å². The predicted molar refractivity (Wildman–Crippen MR) is 132 cm³/mol. The van der Waals surface area contributed by atoms with Crippen LogP contribution in [0.5, 0.6) is 5.75 Å². The molecule has 1 aliphatic heterocycles. The highest BCUT2D eigenvalue weighted by atomic mass is 35.5. The zero-order chi connectivity index (χ0) is 23.1. The quantitative estimate of drug-likeness (QED) is 0.299. The number of amides is 2. The Labute approximate surface area is 208 Å². The first-order valence-electron chi connectivity index (χ1n) is 9.91. The van der Waals surface area contributed by atoms with Gasteiger partial charge in [-0.1, -0.05) is 35.3 Å². The van der Waals surface area contributed by atoms with Crippen molar-refractivity contribution in [2.24, 2.45) is 0 Å². The molecule has 1 fully saturated rings. The molecule has 0 aliphatic carbocycles. The molecular formula is C20H25Cl3N4O5S. The first-order chi connectivity index (χ1) is 15.3. The van der Waals surface area contributed by atoms with E-state index in [0.29, 0.717) is 30.3 Å². The number of para-hydroxylation sites is 1. The molecule has 13 heteroatoms. The molecule has 0 bridgehead atoms. The van der Waals surface area contributed by atoms with E-state index in [0.717, 1.165) is 19.6 Å². The number of aromatic hydroxyl groups is 1. The van der Waals surface area contributed by atoms with Gasteiger partial charge in [-0.25, -0.2) is 17.9 Å². The number of halogens is 3. The topological polar surface area (TPSA) is 120 Å². The summed E-state index contributed by atoms with van der Waals surface area (Å²) in [5.74, 6) is -0.660. The summed E-state index contributed by atoms with van der Waals surface area (Å²) in [4.78, 5) is 14.0. The number of phenols is 1. The van der Waals surface area contributed by atoms with Crippen molar-refractivity contribution in [1.29, 1.82) is 0 Å². The van der Waals surface area contributed by atoms with Gasteiger partial charge >= 0.3 is 6.03 Å². The van der Waals surface area contributed by atoms with E-state index in [9.17, 15) is 18.3 Å². The third kappa shape index (κ3) is 7.61. The maximum atomic E-state index is 12.8. The molecule has 0 spiro atoms. The molecule has 9 nitrogen and oxygen atoms in total. The zero-order valence-electron chi connectivity index (χ0n) is 17.5. The lowest BCUT2D eigenvalue weighted by molar-refractivity contribution is 0.0376. The van der Waals surface area contributed by atoms with Gasteiger partial charge in [0, 0.05) is 19.6 Å². The first kappa shape index (κ1) is 27.5. The third-order valence-corrected chi connectivity index (χ3v) is 7.06. The van der Waals surface area contributed by atoms with Gasteiger partial charge in [-0.15, -0.1) is 12.4 Å². The summed E-state index contributed by atoms with van der Waals surface area (Å²) >= 11 is 12.1. The van der Waals surface area contributed by atoms with Crippen molar-refractivity contribution in [2.75, 3.05) is 50.0 Å². The molecule has 1 aliphatic rings. The van der Waals surface area contributed by atoms with Gasteiger partial charge in [0.1, 0.15) is 4.90 Å².